The van der Waals surface area contributed by atoms with E-state index < -0.39 is 15.8 Å². The number of benzene rings is 2. The number of unbranched alkanes of at least 4 members (excludes halogenated alkanes) is 1. The van der Waals surface area contributed by atoms with Gasteiger partial charge in [0.15, 0.2) is 17.3 Å². The van der Waals surface area contributed by atoms with E-state index in [0.29, 0.717) is 41.0 Å². The number of rotatable bonds is 11. The van der Waals surface area contributed by atoms with Crippen molar-refractivity contribution in [3.05, 3.63) is 59.1 Å². The van der Waals surface area contributed by atoms with Crippen molar-refractivity contribution in [2.75, 3.05) is 37.2 Å². The Morgan fingerprint density at radius 3 is 2.63 bits per heavy atom. The Morgan fingerprint density at radius 2 is 1.94 bits per heavy atom. The van der Waals surface area contributed by atoms with Crippen molar-refractivity contribution in [1.82, 2.24) is 4.90 Å². The molecule has 3 aromatic rings. The predicted molar refractivity (Wildman–Crippen MR) is 134 cm³/mol. The van der Waals surface area contributed by atoms with E-state index in [1.165, 1.54) is 25.0 Å². The average molecular weight is 503 g/mol. The molecule has 7 nitrogen and oxygen atoms in total. The zero-order chi connectivity index (χ0) is 25.0. The lowest BCUT2D eigenvalue weighted by atomic mass is 9.98. The van der Waals surface area contributed by atoms with Gasteiger partial charge in [0, 0.05) is 29.6 Å². The number of carbonyl (C=O) groups excluding carboxylic acids is 1. The van der Waals surface area contributed by atoms with Crippen LogP contribution >= 0.6 is 0 Å². The first-order valence-corrected chi connectivity index (χ1v) is 13.9. The Kier molecular flexibility index (Phi) is 7.76. The Morgan fingerprint density at radius 1 is 1.17 bits per heavy atom. The monoisotopic (exact) mass is 502 g/mol. The molecule has 1 N–H and O–H groups in total. The van der Waals surface area contributed by atoms with Crippen LogP contribution in [-0.2, 0) is 16.4 Å². The molecule has 188 valence electrons. The number of furan rings is 1. The summed E-state index contributed by atoms with van der Waals surface area (Å²) in [5, 5.41) is 0.487. The Balaban J connectivity index is 1.61. The van der Waals surface area contributed by atoms with Gasteiger partial charge in [0.25, 0.3) is 0 Å². The van der Waals surface area contributed by atoms with Gasteiger partial charge in [0.1, 0.15) is 18.0 Å². The quantitative estimate of drug-likeness (QED) is 0.372. The van der Waals surface area contributed by atoms with Crippen LogP contribution in [0.15, 0.2) is 40.8 Å². The van der Waals surface area contributed by atoms with Crippen LogP contribution in [0.1, 0.15) is 54.3 Å². The molecule has 4 rings (SSSR count). The van der Waals surface area contributed by atoms with E-state index in [4.69, 9.17) is 9.15 Å². The minimum atomic E-state index is -3.49. The first-order chi connectivity index (χ1) is 16.7. The third-order valence-corrected chi connectivity index (χ3v) is 6.71. The van der Waals surface area contributed by atoms with Crippen molar-refractivity contribution in [3.8, 4) is 5.75 Å². The third-order valence-electron chi connectivity index (χ3n) is 6.11. The van der Waals surface area contributed by atoms with E-state index in [1.54, 1.807) is 24.3 Å². The van der Waals surface area contributed by atoms with Crippen molar-refractivity contribution in [2.24, 2.45) is 0 Å². The second kappa shape index (κ2) is 10.8. The SMILES string of the molecule is CCCCc1oc2ccc(NS(C)(=O)=O)cc2c1C(=O)c1ccc(OCCN2CCCC2)c(F)c1. The minimum absolute atomic E-state index is 0.114. The van der Waals surface area contributed by atoms with Crippen LogP contribution in [0.5, 0.6) is 5.75 Å². The number of likely N-dealkylation sites (tertiary alicyclic amines) is 1. The standard InChI is InChI=1S/C26H31FN2O5S/c1-3-4-7-24-25(20-17-19(28-35(2,31)32)9-11-22(20)34-24)26(30)18-8-10-23(21(27)16-18)33-15-14-29-12-5-6-13-29/h8-11,16-17,28H,3-7,12-15H2,1-2H3. The highest BCUT2D eigenvalue weighted by atomic mass is 32.2. The maximum absolute atomic E-state index is 14.8. The van der Waals surface area contributed by atoms with Gasteiger partial charge in [0.2, 0.25) is 10.0 Å². The Labute approximate surface area is 205 Å². The van der Waals surface area contributed by atoms with Crippen molar-refractivity contribution < 1.29 is 26.8 Å². The van der Waals surface area contributed by atoms with Crippen LogP contribution in [0.25, 0.3) is 11.0 Å². The van der Waals surface area contributed by atoms with Gasteiger partial charge in [-0.25, -0.2) is 12.8 Å². The number of anilines is 1. The normalized spacial score (nSPS) is 14.5. The van der Waals surface area contributed by atoms with E-state index in [2.05, 4.69) is 9.62 Å². The number of sulfonamides is 1. The summed E-state index contributed by atoms with van der Waals surface area (Å²) in [5.41, 5.74) is 1.30. The maximum Gasteiger partial charge on any atom is 0.229 e. The van der Waals surface area contributed by atoms with Crippen LogP contribution in [0.2, 0.25) is 0 Å². The molecular weight excluding hydrogens is 471 g/mol. The lowest BCUT2D eigenvalue weighted by Crippen LogP contribution is -2.25. The second-order valence-corrected chi connectivity index (χ2v) is 10.7. The van der Waals surface area contributed by atoms with E-state index in [9.17, 15) is 17.6 Å². The van der Waals surface area contributed by atoms with Crippen LogP contribution < -0.4 is 9.46 Å². The van der Waals surface area contributed by atoms with Crippen LogP contribution in [0, 0.1) is 5.82 Å². The fraction of sp³-hybridized carbons (Fsp3) is 0.423. The van der Waals surface area contributed by atoms with Gasteiger partial charge < -0.3 is 9.15 Å². The number of ketones is 1. The molecule has 0 amide bonds. The first kappa shape index (κ1) is 25.2. The van der Waals surface area contributed by atoms with Gasteiger partial charge in [0.05, 0.1) is 11.8 Å². The molecule has 2 aromatic carbocycles. The maximum atomic E-state index is 14.8. The highest BCUT2D eigenvalue weighted by Gasteiger charge is 2.23. The van der Waals surface area contributed by atoms with Gasteiger partial charge in [-0.2, -0.15) is 0 Å². The van der Waals surface area contributed by atoms with E-state index in [0.717, 1.165) is 38.7 Å². The molecule has 0 saturated carbocycles. The van der Waals surface area contributed by atoms with Gasteiger partial charge >= 0.3 is 0 Å². The van der Waals surface area contributed by atoms with Crippen molar-refractivity contribution in [2.45, 2.75) is 39.0 Å². The smallest absolute Gasteiger partial charge is 0.229 e. The predicted octanol–water partition coefficient (Wildman–Crippen LogP) is 4.99. The summed E-state index contributed by atoms with van der Waals surface area (Å²) in [7, 11) is -3.49. The summed E-state index contributed by atoms with van der Waals surface area (Å²) in [6, 6.07) is 9.02. The van der Waals surface area contributed by atoms with Crippen molar-refractivity contribution in [1.29, 1.82) is 0 Å². The van der Waals surface area contributed by atoms with E-state index in [1.807, 2.05) is 6.92 Å². The number of nitrogens with zero attached hydrogens (tertiary/aromatic N) is 1. The number of hydrogen-bond acceptors (Lipinski definition) is 6. The fourth-order valence-electron chi connectivity index (χ4n) is 4.38. The minimum Gasteiger partial charge on any atom is -0.489 e. The summed E-state index contributed by atoms with van der Waals surface area (Å²) < 4.78 is 52.2. The van der Waals surface area contributed by atoms with Crippen LogP contribution in [0.3, 0.4) is 0 Å². The Bertz CT molecular complexity index is 1310. The molecule has 0 unspecified atom stereocenters. The van der Waals surface area contributed by atoms with Crippen LogP contribution in [0.4, 0.5) is 10.1 Å². The number of halogens is 1. The molecule has 1 aromatic heterocycles. The molecule has 2 heterocycles. The molecule has 1 aliphatic heterocycles. The number of hydrogen-bond donors (Lipinski definition) is 1. The van der Waals surface area contributed by atoms with Gasteiger partial charge in [-0.3, -0.25) is 14.4 Å². The van der Waals surface area contributed by atoms with E-state index >= 15 is 0 Å². The highest BCUT2D eigenvalue weighted by Crippen LogP contribution is 2.32. The second-order valence-electron chi connectivity index (χ2n) is 8.96. The van der Waals surface area contributed by atoms with Crippen molar-refractivity contribution in [3.63, 3.8) is 0 Å². The van der Waals surface area contributed by atoms with Gasteiger partial charge in [-0.05, 0) is 68.8 Å². The largest absolute Gasteiger partial charge is 0.489 e. The molecule has 35 heavy (non-hydrogen) atoms. The molecule has 9 heteroatoms. The number of ether oxygens (including phenoxy) is 1. The molecule has 1 saturated heterocycles. The zero-order valence-corrected chi connectivity index (χ0v) is 20.9. The summed E-state index contributed by atoms with van der Waals surface area (Å²) in [4.78, 5) is 15.8. The average Bonchev–Trinajstić information content (AvgIpc) is 3.44. The van der Waals surface area contributed by atoms with Gasteiger partial charge in [-0.1, -0.05) is 13.3 Å². The molecule has 0 spiro atoms. The summed E-state index contributed by atoms with van der Waals surface area (Å²) in [5.74, 6) is -0.355. The molecule has 1 aliphatic rings. The topological polar surface area (TPSA) is 88.8 Å². The third kappa shape index (κ3) is 6.21. The number of aryl methyl sites for hydroxylation is 1. The number of carbonyl (C=O) groups is 1. The molecule has 0 atom stereocenters. The summed E-state index contributed by atoms with van der Waals surface area (Å²) in [6.07, 6.45) is 5.68. The summed E-state index contributed by atoms with van der Waals surface area (Å²) >= 11 is 0. The number of fused-ring (bicyclic) bond motifs is 1. The molecular formula is C26H31FN2O5S. The molecule has 1 fully saturated rings. The van der Waals surface area contributed by atoms with Crippen molar-refractivity contribution >= 4 is 32.5 Å². The zero-order valence-electron chi connectivity index (χ0n) is 20.1. The lowest BCUT2D eigenvalue weighted by Gasteiger charge is -2.15. The van der Waals surface area contributed by atoms with Crippen LogP contribution in [-0.4, -0.2) is 51.6 Å². The Hall–Kier alpha value is -2.91. The molecule has 0 bridgehead atoms. The molecule has 0 aliphatic carbocycles. The summed E-state index contributed by atoms with van der Waals surface area (Å²) in [6.45, 7) is 5.25. The highest BCUT2D eigenvalue weighted by molar-refractivity contribution is 7.92. The fourth-order valence-corrected chi connectivity index (χ4v) is 4.94. The number of nitrogens with one attached hydrogen (secondary N) is 1. The van der Waals surface area contributed by atoms with E-state index in [-0.39, 0.29) is 17.1 Å². The first-order valence-electron chi connectivity index (χ1n) is 12.0. The lowest BCUT2D eigenvalue weighted by molar-refractivity contribution is 0.103. The molecule has 0 radical (unpaired) electrons. The van der Waals surface area contributed by atoms with Gasteiger partial charge in [-0.15, -0.1) is 0 Å².